The van der Waals surface area contributed by atoms with E-state index >= 15 is 0 Å². The summed E-state index contributed by atoms with van der Waals surface area (Å²) in [5.74, 6) is 1.42. The van der Waals surface area contributed by atoms with Gasteiger partial charge in [0.2, 0.25) is 0 Å². The standard InChI is InChI=1S/C18H21N3/c1-13(14-7-3-2-4-8-14)20-18-16(12-19)11-15-9-5-6-10-17(15)21-18/h5-6,9-11,13-14H,2-4,7-8H2,1H3,(H,20,21). The molecule has 0 aliphatic heterocycles. The van der Waals surface area contributed by atoms with Gasteiger partial charge >= 0.3 is 0 Å². The fourth-order valence-electron chi connectivity index (χ4n) is 3.28. The van der Waals surface area contributed by atoms with Crippen LogP contribution in [-0.2, 0) is 0 Å². The molecule has 0 spiro atoms. The first kappa shape index (κ1) is 13.9. The Morgan fingerprint density at radius 2 is 2.00 bits per heavy atom. The Hall–Kier alpha value is -2.08. The highest BCUT2D eigenvalue weighted by molar-refractivity contribution is 5.82. The molecule has 21 heavy (non-hydrogen) atoms. The lowest BCUT2D eigenvalue weighted by molar-refractivity contribution is 0.328. The van der Waals surface area contributed by atoms with Crippen molar-refractivity contribution in [2.75, 3.05) is 5.32 Å². The third-order valence-electron chi connectivity index (χ3n) is 4.57. The highest BCUT2D eigenvalue weighted by Crippen LogP contribution is 2.29. The van der Waals surface area contributed by atoms with E-state index in [0.717, 1.165) is 16.7 Å². The minimum Gasteiger partial charge on any atom is -0.366 e. The number of hydrogen-bond donors (Lipinski definition) is 1. The van der Waals surface area contributed by atoms with Crippen LogP contribution in [0.3, 0.4) is 0 Å². The molecular weight excluding hydrogens is 258 g/mol. The average Bonchev–Trinajstić information content (AvgIpc) is 2.55. The van der Waals surface area contributed by atoms with Crippen LogP contribution in [0.1, 0.15) is 44.6 Å². The van der Waals surface area contributed by atoms with Crippen LogP contribution in [0.2, 0.25) is 0 Å². The van der Waals surface area contributed by atoms with Crippen molar-refractivity contribution in [2.24, 2.45) is 5.92 Å². The maximum atomic E-state index is 9.37. The number of para-hydroxylation sites is 1. The lowest BCUT2D eigenvalue weighted by Crippen LogP contribution is -2.28. The molecule has 1 heterocycles. The molecule has 0 amide bonds. The Bertz CT molecular complexity index is 666. The topological polar surface area (TPSA) is 48.7 Å². The molecule has 0 radical (unpaired) electrons. The smallest absolute Gasteiger partial charge is 0.144 e. The van der Waals surface area contributed by atoms with Crippen LogP contribution in [0.4, 0.5) is 5.82 Å². The van der Waals surface area contributed by atoms with Crippen molar-refractivity contribution in [2.45, 2.75) is 45.1 Å². The monoisotopic (exact) mass is 279 g/mol. The Kier molecular flexibility index (Phi) is 4.06. The maximum absolute atomic E-state index is 9.37. The molecule has 1 aromatic heterocycles. The molecule has 0 saturated heterocycles. The van der Waals surface area contributed by atoms with Gasteiger partial charge in [-0.25, -0.2) is 4.98 Å². The average molecular weight is 279 g/mol. The molecule has 1 atom stereocenters. The molecule has 0 bridgehead atoms. The molecule has 3 nitrogen and oxygen atoms in total. The number of nitrogens with one attached hydrogen (secondary N) is 1. The highest BCUT2D eigenvalue weighted by atomic mass is 15.0. The third kappa shape index (κ3) is 3.00. The van der Waals surface area contributed by atoms with Crippen molar-refractivity contribution < 1.29 is 0 Å². The fourth-order valence-corrected chi connectivity index (χ4v) is 3.28. The maximum Gasteiger partial charge on any atom is 0.144 e. The Morgan fingerprint density at radius 3 is 2.76 bits per heavy atom. The minimum absolute atomic E-state index is 0.367. The van der Waals surface area contributed by atoms with Crippen molar-refractivity contribution in [3.63, 3.8) is 0 Å². The predicted octanol–water partition coefficient (Wildman–Crippen LogP) is 4.49. The Morgan fingerprint density at radius 1 is 1.24 bits per heavy atom. The summed E-state index contributed by atoms with van der Waals surface area (Å²) < 4.78 is 0. The number of aromatic nitrogens is 1. The summed E-state index contributed by atoms with van der Waals surface area (Å²) in [6.45, 7) is 2.22. The van der Waals surface area contributed by atoms with Gasteiger partial charge in [-0.2, -0.15) is 5.26 Å². The largest absolute Gasteiger partial charge is 0.366 e. The van der Waals surface area contributed by atoms with Gasteiger partial charge in [-0.05, 0) is 37.8 Å². The summed E-state index contributed by atoms with van der Waals surface area (Å²) in [5.41, 5.74) is 1.58. The lowest BCUT2D eigenvalue weighted by Gasteiger charge is -2.28. The van der Waals surface area contributed by atoms with Crippen molar-refractivity contribution in [1.82, 2.24) is 4.98 Å². The van der Waals surface area contributed by atoms with Crippen molar-refractivity contribution >= 4 is 16.7 Å². The summed E-state index contributed by atoms with van der Waals surface area (Å²) in [4.78, 5) is 4.65. The summed E-state index contributed by atoms with van der Waals surface area (Å²) in [7, 11) is 0. The number of nitriles is 1. The van der Waals surface area contributed by atoms with E-state index in [1.54, 1.807) is 0 Å². The van der Waals surface area contributed by atoms with E-state index < -0.39 is 0 Å². The normalized spacial score (nSPS) is 17.3. The van der Waals surface area contributed by atoms with E-state index in [2.05, 4.69) is 23.3 Å². The van der Waals surface area contributed by atoms with Crippen molar-refractivity contribution in [3.05, 3.63) is 35.9 Å². The number of nitrogens with zero attached hydrogens (tertiary/aromatic N) is 2. The molecular formula is C18H21N3. The SMILES string of the molecule is CC(Nc1nc2ccccc2cc1C#N)C1CCCCC1. The van der Waals surface area contributed by atoms with Gasteiger partial charge in [0.05, 0.1) is 11.1 Å². The zero-order valence-electron chi connectivity index (χ0n) is 12.5. The second-order valence-electron chi connectivity index (χ2n) is 6.02. The number of rotatable bonds is 3. The van der Waals surface area contributed by atoms with Gasteiger partial charge in [0.1, 0.15) is 11.9 Å². The van der Waals surface area contributed by atoms with Gasteiger partial charge in [0.25, 0.3) is 0 Å². The molecule has 1 N–H and O–H groups in total. The summed E-state index contributed by atoms with van der Waals surface area (Å²) in [5, 5.41) is 13.9. The van der Waals surface area contributed by atoms with Crippen LogP contribution in [-0.4, -0.2) is 11.0 Å². The zero-order chi connectivity index (χ0) is 14.7. The highest BCUT2D eigenvalue weighted by Gasteiger charge is 2.21. The number of fused-ring (bicyclic) bond motifs is 1. The van der Waals surface area contributed by atoms with Gasteiger partial charge in [-0.1, -0.05) is 37.5 Å². The van der Waals surface area contributed by atoms with Gasteiger partial charge in [-0.15, -0.1) is 0 Å². The van der Waals surface area contributed by atoms with Crippen LogP contribution in [0, 0.1) is 17.2 Å². The first-order valence-corrected chi connectivity index (χ1v) is 7.84. The number of pyridine rings is 1. The quantitative estimate of drug-likeness (QED) is 0.900. The van der Waals surface area contributed by atoms with Gasteiger partial charge in [-0.3, -0.25) is 0 Å². The number of hydrogen-bond acceptors (Lipinski definition) is 3. The van der Waals surface area contributed by atoms with Gasteiger partial charge in [0.15, 0.2) is 0 Å². The van der Waals surface area contributed by atoms with E-state index in [0.29, 0.717) is 17.5 Å². The lowest BCUT2D eigenvalue weighted by atomic mass is 9.84. The molecule has 3 heteroatoms. The summed E-state index contributed by atoms with van der Waals surface area (Å²) in [6.07, 6.45) is 6.58. The predicted molar refractivity (Wildman–Crippen MR) is 86.1 cm³/mol. The second-order valence-corrected chi connectivity index (χ2v) is 6.02. The first-order chi connectivity index (χ1) is 10.3. The molecule has 1 aliphatic carbocycles. The Balaban J connectivity index is 1.86. The van der Waals surface area contributed by atoms with Crippen LogP contribution in [0.5, 0.6) is 0 Å². The fraction of sp³-hybridized carbons (Fsp3) is 0.444. The van der Waals surface area contributed by atoms with E-state index in [1.807, 2.05) is 30.3 Å². The van der Waals surface area contributed by atoms with Gasteiger partial charge < -0.3 is 5.32 Å². The van der Waals surface area contributed by atoms with Crippen LogP contribution in [0.25, 0.3) is 10.9 Å². The molecule has 3 rings (SSSR count). The van der Waals surface area contributed by atoms with Crippen molar-refractivity contribution in [3.8, 4) is 6.07 Å². The van der Waals surface area contributed by atoms with Crippen LogP contribution >= 0.6 is 0 Å². The second kappa shape index (κ2) is 6.13. The van der Waals surface area contributed by atoms with E-state index in [1.165, 1.54) is 32.1 Å². The summed E-state index contributed by atoms with van der Waals surface area (Å²) in [6, 6.07) is 12.5. The molecule has 1 aromatic carbocycles. The van der Waals surface area contributed by atoms with E-state index in [9.17, 15) is 5.26 Å². The van der Waals surface area contributed by atoms with E-state index in [-0.39, 0.29) is 0 Å². The van der Waals surface area contributed by atoms with Crippen molar-refractivity contribution in [1.29, 1.82) is 5.26 Å². The minimum atomic E-state index is 0.367. The third-order valence-corrected chi connectivity index (χ3v) is 4.57. The molecule has 2 aromatic rings. The molecule has 108 valence electrons. The van der Waals surface area contributed by atoms with Gasteiger partial charge in [0, 0.05) is 11.4 Å². The molecule has 1 saturated carbocycles. The Labute approximate surface area is 126 Å². The molecule has 1 aliphatic rings. The number of anilines is 1. The van der Waals surface area contributed by atoms with Crippen LogP contribution in [0.15, 0.2) is 30.3 Å². The van der Waals surface area contributed by atoms with Crippen LogP contribution < -0.4 is 5.32 Å². The number of benzene rings is 1. The first-order valence-electron chi connectivity index (χ1n) is 7.84. The van der Waals surface area contributed by atoms with E-state index in [4.69, 9.17) is 0 Å². The zero-order valence-corrected chi connectivity index (χ0v) is 12.5. The molecule has 1 unspecified atom stereocenters. The molecule has 1 fully saturated rings. The summed E-state index contributed by atoms with van der Waals surface area (Å²) >= 11 is 0.